The van der Waals surface area contributed by atoms with E-state index < -0.39 is 0 Å². The Morgan fingerprint density at radius 2 is 2.13 bits per heavy atom. The molecule has 1 aromatic rings. The first-order chi connectivity index (χ1) is 7.13. The zero-order valence-electron chi connectivity index (χ0n) is 9.66. The summed E-state index contributed by atoms with van der Waals surface area (Å²) in [5.74, 6) is 0. The quantitative estimate of drug-likeness (QED) is 0.730. The van der Waals surface area contributed by atoms with Crippen molar-refractivity contribution in [3.63, 3.8) is 0 Å². The van der Waals surface area contributed by atoms with Gasteiger partial charge < -0.3 is 5.11 Å². The third-order valence-corrected chi connectivity index (χ3v) is 2.66. The van der Waals surface area contributed by atoms with Crippen LogP contribution in [0.15, 0.2) is 30.9 Å². The van der Waals surface area contributed by atoms with Gasteiger partial charge in [-0.25, -0.2) is 0 Å². The molecular formula is C14H20O. The van der Waals surface area contributed by atoms with E-state index in [2.05, 4.69) is 38.6 Å². The molecule has 1 rings (SSSR count). The molecule has 1 nitrogen and oxygen atoms in total. The first-order valence-corrected chi connectivity index (χ1v) is 5.48. The molecule has 0 amide bonds. The lowest BCUT2D eigenvalue weighted by atomic mass is 9.98. The molecule has 1 unspecified atom stereocenters. The lowest BCUT2D eigenvalue weighted by Crippen LogP contribution is -2.10. The average Bonchev–Trinajstić information content (AvgIpc) is 2.20. The minimum atomic E-state index is -0.247. The van der Waals surface area contributed by atoms with Gasteiger partial charge in [-0.3, -0.25) is 0 Å². The molecule has 0 heterocycles. The lowest BCUT2D eigenvalue weighted by molar-refractivity contribution is 0.166. The Bertz CT molecular complexity index is 328. The van der Waals surface area contributed by atoms with Gasteiger partial charge in [-0.2, -0.15) is 0 Å². The third kappa shape index (κ3) is 3.88. The maximum atomic E-state index is 9.80. The molecule has 0 bridgehead atoms. The molecule has 0 saturated heterocycles. The van der Waals surface area contributed by atoms with Gasteiger partial charge >= 0.3 is 0 Å². The van der Waals surface area contributed by atoms with Crippen molar-refractivity contribution >= 4 is 0 Å². The van der Waals surface area contributed by atoms with Crippen LogP contribution < -0.4 is 0 Å². The summed E-state index contributed by atoms with van der Waals surface area (Å²) in [5, 5.41) is 9.80. The summed E-state index contributed by atoms with van der Waals surface area (Å²) in [5.41, 5.74) is 3.77. The van der Waals surface area contributed by atoms with Crippen molar-refractivity contribution in [3.8, 4) is 0 Å². The zero-order valence-corrected chi connectivity index (χ0v) is 9.66. The van der Waals surface area contributed by atoms with E-state index in [-0.39, 0.29) is 6.10 Å². The first kappa shape index (κ1) is 12.0. The highest BCUT2D eigenvalue weighted by molar-refractivity contribution is 5.30. The molecule has 0 aromatic heterocycles. The Hall–Kier alpha value is -1.08. The van der Waals surface area contributed by atoms with E-state index in [1.54, 1.807) is 0 Å². The van der Waals surface area contributed by atoms with Gasteiger partial charge in [0.05, 0.1) is 6.10 Å². The Morgan fingerprint density at radius 1 is 1.40 bits per heavy atom. The highest BCUT2D eigenvalue weighted by Gasteiger charge is 2.06. The fourth-order valence-corrected chi connectivity index (χ4v) is 1.69. The topological polar surface area (TPSA) is 20.2 Å². The monoisotopic (exact) mass is 204 g/mol. The third-order valence-electron chi connectivity index (χ3n) is 2.66. The van der Waals surface area contributed by atoms with Gasteiger partial charge in [-0.1, -0.05) is 29.8 Å². The SMILES string of the molecule is C=CCCC(O)Cc1cc(C)ccc1C. The summed E-state index contributed by atoms with van der Waals surface area (Å²) < 4.78 is 0. The standard InChI is InChI=1S/C14H20O/c1-4-5-6-14(15)10-13-9-11(2)7-8-12(13)3/h4,7-9,14-15H,1,5-6,10H2,2-3H3. The second-order valence-electron chi connectivity index (χ2n) is 4.15. The molecular weight excluding hydrogens is 184 g/mol. The van der Waals surface area contributed by atoms with Gasteiger partial charge in [0.15, 0.2) is 0 Å². The molecule has 82 valence electrons. The van der Waals surface area contributed by atoms with Crippen LogP contribution in [0.4, 0.5) is 0 Å². The number of aryl methyl sites for hydroxylation is 2. The summed E-state index contributed by atoms with van der Waals surface area (Å²) in [7, 11) is 0. The maximum Gasteiger partial charge on any atom is 0.0583 e. The van der Waals surface area contributed by atoms with Crippen molar-refractivity contribution in [3.05, 3.63) is 47.5 Å². The van der Waals surface area contributed by atoms with Crippen LogP contribution in [0.25, 0.3) is 0 Å². The largest absolute Gasteiger partial charge is 0.393 e. The first-order valence-electron chi connectivity index (χ1n) is 5.48. The number of aliphatic hydroxyl groups excluding tert-OH is 1. The molecule has 0 aliphatic carbocycles. The van der Waals surface area contributed by atoms with Crippen LogP contribution in [-0.4, -0.2) is 11.2 Å². The minimum Gasteiger partial charge on any atom is -0.393 e. The summed E-state index contributed by atoms with van der Waals surface area (Å²) in [6.45, 7) is 7.83. The molecule has 0 radical (unpaired) electrons. The summed E-state index contributed by atoms with van der Waals surface area (Å²) >= 11 is 0. The van der Waals surface area contributed by atoms with E-state index in [0.29, 0.717) is 0 Å². The van der Waals surface area contributed by atoms with Gasteiger partial charge in [0.25, 0.3) is 0 Å². The van der Waals surface area contributed by atoms with Gasteiger partial charge in [-0.05, 0) is 44.2 Å². The smallest absolute Gasteiger partial charge is 0.0583 e. The molecule has 0 aliphatic heterocycles. The van der Waals surface area contributed by atoms with E-state index in [4.69, 9.17) is 0 Å². The Balaban J connectivity index is 2.62. The Labute approximate surface area is 92.5 Å². The van der Waals surface area contributed by atoms with Crippen LogP contribution in [0.5, 0.6) is 0 Å². The highest BCUT2D eigenvalue weighted by atomic mass is 16.3. The van der Waals surface area contributed by atoms with Crippen LogP contribution >= 0.6 is 0 Å². The molecule has 1 atom stereocenters. The minimum absolute atomic E-state index is 0.247. The highest BCUT2D eigenvalue weighted by Crippen LogP contribution is 2.14. The second-order valence-corrected chi connectivity index (χ2v) is 4.15. The van der Waals surface area contributed by atoms with Crippen LogP contribution in [0.3, 0.4) is 0 Å². The number of benzene rings is 1. The fraction of sp³-hybridized carbons (Fsp3) is 0.429. The molecule has 0 spiro atoms. The number of allylic oxidation sites excluding steroid dienone is 1. The normalized spacial score (nSPS) is 12.5. The van der Waals surface area contributed by atoms with Crippen molar-refractivity contribution in [2.45, 2.75) is 39.2 Å². The second kappa shape index (κ2) is 5.72. The van der Waals surface area contributed by atoms with Crippen molar-refractivity contribution in [1.82, 2.24) is 0 Å². The molecule has 1 heteroatoms. The van der Waals surface area contributed by atoms with Gasteiger partial charge in [0.1, 0.15) is 0 Å². The van der Waals surface area contributed by atoms with Crippen molar-refractivity contribution in [1.29, 1.82) is 0 Å². The zero-order chi connectivity index (χ0) is 11.3. The van der Waals surface area contributed by atoms with Crippen LogP contribution in [0, 0.1) is 13.8 Å². The predicted octanol–water partition coefficient (Wildman–Crippen LogP) is 3.17. The van der Waals surface area contributed by atoms with Gasteiger partial charge in [0.2, 0.25) is 0 Å². The van der Waals surface area contributed by atoms with E-state index in [9.17, 15) is 5.11 Å². The summed E-state index contributed by atoms with van der Waals surface area (Å²) in [4.78, 5) is 0. The van der Waals surface area contributed by atoms with Crippen molar-refractivity contribution in [2.24, 2.45) is 0 Å². The van der Waals surface area contributed by atoms with E-state index in [1.165, 1.54) is 16.7 Å². The Morgan fingerprint density at radius 3 is 2.80 bits per heavy atom. The van der Waals surface area contributed by atoms with E-state index in [1.807, 2.05) is 6.08 Å². The van der Waals surface area contributed by atoms with E-state index in [0.717, 1.165) is 19.3 Å². The van der Waals surface area contributed by atoms with Crippen molar-refractivity contribution in [2.75, 3.05) is 0 Å². The molecule has 0 fully saturated rings. The maximum absolute atomic E-state index is 9.80. The number of hydrogen-bond acceptors (Lipinski definition) is 1. The number of hydrogen-bond donors (Lipinski definition) is 1. The summed E-state index contributed by atoms with van der Waals surface area (Å²) in [6.07, 6.45) is 4.04. The van der Waals surface area contributed by atoms with Gasteiger partial charge in [-0.15, -0.1) is 6.58 Å². The van der Waals surface area contributed by atoms with Crippen LogP contribution in [0.2, 0.25) is 0 Å². The molecule has 1 aromatic carbocycles. The van der Waals surface area contributed by atoms with Crippen LogP contribution in [0.1, 0.15) is 29.5 Å². The fourth-order valence-electron chi connectivity index (χ4n) is 1.69. The molecule has 1 N–H and O–H groups in total. The average molecular weight is 204 g/mol. The number of rotatable bonds is 5. The van der Waals surface area contributed by atoms with Crippen molar-refractivity contribution < 1.29 is 5.11 Å². The molecule has 15 heavy (non-hydrogen) atoms. The van der Waals surface area contributed by atoms with Crippen LogP contribution in [-0.2, 0) is 6.42 Å². The Kier molecular flexibility index (Phi) is 4.57. The summed E-state index contributed by atoms with van der Waals surface area (Å²) in [6, 6.07) is 6.38. The van der Waals surface area contributed by atoms with E-state index >= 15 is 0 Å². The predicted molar refractivity (Wildman–Crippen MR) is 65.1 cm³/mol. The van der Waals surface area contributed by atoms with Gasteiger partial charge in [0, 0.05) is 0 Å². The number of aliphatic hydroxyl groups is 1. The lowest BCUT2D eigenvalue weighted by Gasteiger charge is -2.12. The molecule has 0 aliphatic rings. The molecule has 0 saturated carbocycles.